The van der Waals surface area contributed by atoms with Crippen LogP contribution in [0, 0.1) is 20.8 Å². The maximum absolute atomic E-state index is 12.9. The molecule has 0 saturated heterocycles. The summed E-state index contributed by atoms with van der Waals surface area (Å²) in [5, 5.41) is 2.97. The van der Waals surface area contributed by atoms with Gasteiger partial charge in [-0.05, 0) is 67.8 Å². The van der Waals surface area contributed by atoms with Crippen molar-refractivity contribution in [1.29, 1.82) is 0 Å². The largest absolute Gasteiger partial charge is 0.497 e. The number of benzene rings is 3. The van der Waals surface area contributed by atoms with Crippen LogP contribution in [0.3, 0.4) is 0 Å². The summed E-state index contributed by atoms with van der Waals surface area (Å²) in [4.78, 5) is 17.6. The molecule has 0 saturated carbocycles. The van der Waals surface area contributed by atoms with Gasteiger partial charge in [0.25, 0.3) is 5.91 Å². The first-order chi connectivity index (χ1) is 14.9. The average molecular weight is 416 g/mol. The van der Waals surface area contributed by atoms with E-state index >= 15 is 0 Å². The molecule has 4 rings (SSSR count). The van der Waals surface area contributed by atoms with Crippen LogP contribution in [0.2, 0.25) is 0 Å². The zero-order valence-electron chi connectivity index (χ0n) is 18.2. The Morgan fingerprint density at radius 3 is 2.48 bits per heavy atom. The van der Waals surface area contributed by atoms with Crippen LogP contribution in [0.15, 0.2) is 52.9 Å². The summed E-state index contributed by atoms with van der Waals surface area (Å²) in [7, 11) is 3.09. The molecule has 0 radical (unpaired) electrons. The molecule has 31 heavy (non-hydrogen) atoms. The fourth-order valence-corrected chi connectivity index (χ4v) is 3.57. The number of oxazole rings is 1. The topological polar surface area (TPSA) is 73.6 Å². The summed E-state index contributed by atoms with van der Waals surface area (Å²) >= 11 is 0. The molecule has 1 N–H and O–H groups in total. The van der Waals surface area contributed by atoms with Gasteiger partial charge in [-0.2, -0.15) is 0 Å². The zero-order valence-corrected chi connectivity index (χ0v) is 18.2. The molecule has 1 heterocycles. The Kier molecular flexibility index (Phi) is 5.38. The van der Waals surface area contributed by atoms with Crippen LogP contribution in [0.5, 0.6) is 11.5 Å². The number of methoxy groups -OCH3 is 2. The van der Waals surface area contributed by atoms with Crippen LogP contribution in [0.25, 0.3) is 22.6 Å². The highest BCUT2D eigenvalue weighted by molar-refractivity contribution is 6.07. The van der Waals surface area contributed by atoms with E-state index in [1.165, 1.54) is 7.11 Å². The van der Waals surface area contributed by atoms with Gasteiger partial charge >= 0.3 is 0 Å². The minimum Gasteiger partial charge on any atom is -0.497 e. The smallest absolute Gasteiger partial charge is 0.259 e. The zero-order chi connectivity index (χ0) is 22.1. The summed E-state index contributed by atoms with van der Waals surface area (Å²) in [6, 6.07) is 14.9. The molecule has 1 aromatic heterocycles. The van der Waals surface area contributed by atoms with E-state index in [4.69, 9.17) is 13.9 Å². The van der Waals surface area contributed by atoms with Crippen LogP contribution < -0.4 is 14.8 Å². The first kappa shape index (κ1) is 20.5. The molecule has 0 aliphatic heterocycles. The van der Waals surface area contributed by atoms with Crippen molar-refractivity contribution in [2.75, 3.05) is 19.5 Å². The monoisotopic (exact) mass is 416 g/mol. The number of hydrogen-bond donors (Lipinski definition) is 1. The molecule has 6 nitrogen and oxygen atoms in total. The summed E-state index contributed by atoms with van der Waals surface area (Å²) < 4.78 is 16.6. The number of anilines is 1. The molecule has 4 aromatic rings. The number of carbonyl (C=O) groups is 1. The van der Waals surface area contributed by atoms with Crippen molar-refractivity contribution in [3.05, 3.63) is 70.8 Å². The van der Waals surface area contributed by atoms with E-state index in [-0.39, 0.29) is 5.91 Å². The predicted octanol–water partition coefficient (Wildman–Crippen LogP) is 5.69. The van der Waals surface area contributed by atoms with E-state index in [1.807, 2.05) is 45.0 Å². The Hall–Kier alpha value is -3.80. The van der Waals surface area contributed by atoms with Crippen molar-refractivity contribution in [2.45, 2.75) is 20.8 Å². The van der Waals surface area contributed by atoms with Gasteiger partial charge in [0.2, 0.25) is 5.89 Å². The Balaban J connectivity index is 1.68. The van der Waals surface area contributed by atoms with E-state index < -0.39 is 0 Å². The predicted molar refractivity (Wildman–Crippen MR) is 121 cm³/mol. The normalized spacial score (nSPS) is 10.9. The summed E-state index contributed by atoms with van der Waals surface area (Å²) in [5.41, 5.74) is 6.58. The van der Waals surface area contributed by atoms with Crippen molar-refractivity contribution in [3.8, 4) is 23.0 Å². The lowest BCUT2D eigenvalue weighted by Gasteiger charge is -2.13. The number of carbonyl (C=O) groups excluding carboxylic acids is 1. The standard InChI is InChI=1S/C25H24N2O4/c1-14-10-16(3)23-21(11-14)27-25(31-23)17-7-6-15(2)20(12-17)26-24(28)19-9-8-18(29-4)13-22(19)30-5/h6-13H,1-5H3,(H,26,28). The third kappa shape index (κ3) is 3.97. The van der Waals surface area contributed by atoms with Crippen LogP contribution in [-0.4, -0.2) is 25.1 Å². The molecule has 0 fully saturated rings. The Morgan fingerprint density at radius 1 is 0.935 bits per heavy atom. The number of fused-ring (bicyclic) bond motifs is 1. The van der Waals surface area contributed by atoms with Crippen molar-refractivity contribution in [1.82, 2.24) is 4.98 Å². The number of aromatic nitrogens is 1. The molecule has 3 aromatic carbocycles. The van der Waals surface area contributed by atoms with Crippen LogP contribution in [-0.2, 0) is 0 Å². The fraction of sp³-hybridized carbons (Fsp3) is 0.200. The highest BCUT2D eigenvalue weighted by atomic mass is 16.5. The number of ether oxygens (including phenoxy) is 2. The SMILES string of the molecule is COc1ccc(C(=O)Nc2cc(-c3nc4cc(C)cc(C)c4o3)ccc2C)c(OC)c1. The van der Waals surface area contributed by atoms with Gasteiger partial charge in [-0.1, -0.05) is 12.1 Å². The minimum atomic E-state index is -0.274. The second-order valence-corrected chi connectivity index (χ2v) is 7.50. The maximum atomic E-state index is 12.9. The molecule has 0 atom stereocenters. The lowest BCUT2D eigenvalue weighted by molar-refractivity contribution is 0.102. The van der Waals surface area contributed by atoms with Crippen molar-refractivity contribution in [2.24, 2.45) is 0 Å². The van der Waals surface area contributed by atoms with E-state index in [0.717, 1.165) is 33.4 Å². The third-order valence-corrected chi connectivity index (χ3v) is 5.21. The fourth-order valence-electron chi connectivity index (χ4n) is 3.57. The number of hydrogen-bond acceptors (Lipinski definition) is 5. The van der Waals surface area contributed by atoms with Crippen molar-refractivity contribution >= 4 is 22.7 Å². The lowest BCUT2D eigenvalue weighted by Crippen LogP contribution is -2.14. The molecule has 0 aliphatic carbocycles. The minimum absolute atomic E-state index is 0.274. The van der Waals surface area contributed by atoms with Gasteiger partial charge in [0.05, 0.1) is 19.8 Å². The van der Waals surface area contributed by atoms with Gasteiger partial charge in [0.15, 0.2) is 5.58 Å². The molecule has 0 unspecified atom stereocenters. The Morgan fingerprint density at radius 2 is 1.74 bits per heavy atom. The summed E-state index contributed by atoms with van der Waals surface area (Å²) in [6.45, 7) is 5.98. The van der Waals surface area contributed by atoms with Gasteiger partial charge in [-0.3, -0.25) is 4.79 Å². The average Bonchev–Trinajstić information content (AvgIpc) is 3.19. The lowest BCUT2D eigenvalue weighted by atomic mass is 10.1. The summed E-state index contributed by atoms with van der Waals surface area (Å²) in [6.07, 6.45) is 0. The van der Waals surface area contributed by atoms with E-state index in [1.54, 1.807) is 25.3 Å². The number of nitrogens with zero attached hydrogens (tertiary/aromatic N) is 1. The van der Waals surface area contributed by atoms with Gasteiger partial charge in [-0.25, -0.2) is 4.98 Å². The number of nitrogens with one attached hydrogen (secondary N) is 1. The maximum Gasteiger partial charge on any atom is 0.259 e. The van der Waals surface area contributed by atoms with Crippen LogP contribution >= 0.6 is 0 Å². The van der Waals surface area contributed by atoms with Crippen LogP contribution in [0.1, 0.15) is 27.0 Å². The Labute approximate surface area is 180 Å². The van der Waals surface area contributed by atoms with Crippen molar-refractivity contribution in [3.63, 3.8) is 0 Å². The molecule has 6 heteroatoms. The Bertz CT molecular complexity index is 1290. The van der Waals surface area contributed by atoms with Gasteiger partial charge in [0, 0.05) is 17.3 Å². The molecule has 0 spiro atoms. The number of rotatable bonds is 5. The first-order valence-corrected chi connectivity index (χ1v) is 9.92. The second kappa shape index (κ2) is 8.14. The third-order valence-electron chi connectivity index (χ3n) is 5.21. The number of amides is 1. The van der Waals surface area contributed by atoms with Crippen LogP contribution in [0.4, 0.5) is 5.69 Å². The molecule has 1 amide bonds. The van der Waals surface area contributed by atoms with Gasteiger partial charge in [0.1, 0.15) is 17.0 Å². The quantitative estimate of drug-likeness (QED) is 0.452. The molecule has 158 valence electrons. The molecule has 0 aliphatic rings. The number of aryl methyl sites for hydroxylation is 3. The highest BCUT2D eigenvalue weighted by Gasteiger charge is 2.16. The molecular weight excluding hydrogens is 392 g/mol. The first-order valence-electron chi connectivity index (χ1n) is 9.92. The van der Waals surface area contributed by atoms with Crippen molar-refractivity contribution < 1.29 is 18.7 Å². The summed E-state index contributed by atoms with van der Waals surface area (Å²) in [5.74, 6) is 1.30. The van der Waals surface area contributed by atoms with E-state index in [9.17, 15) is 4.79 Å². The van der Waals surface area contributed by atoms with E-state index in [0.29, 0.717) is 28.6 Å². The van der Waals surface area contributed by atoms with E-state index in [2.05, 4.69) is 16.4 Å². The van der Waals surface area contributed by atoms with Gasteiger partial charge < -0.3 is 19.2 Å². The second-order valence-electron chi connectivity index (χ2n) is 7.50. The molecule has 0 bridgehead atoms. The molecular formula is C25H24N2O4. The highest BCUT2D eigenvalue weighted by Crippen LogP contribution is 2.31. The van der Waals surface area contributed by atoms with Gasteiger partial charge in [-0.15, -0.1) is 0 Å².